The maximum atomic E-state index is 12.6. The number of esters is 1. The van der Waals surface area contributed by atoms with Gasteiger partial charge in [-0.3, -0.25) is 0 Å². The summed E-state index contributed by atoms with van der Waals surface area (Å²) in [6.45, 7) is 1.44. The lowest BCUT2D eigenvalue weighted by molar-refractivity contribution is -0.870. The van der Waals surface area contributed by atoms with Crippen LogP contribution in [0, 0.1) is 5.92 Å². The zero-order valence-corrected chi connectivity index (χ0v) is 27.3. The van der Waals surface area contributed by atoms with Gasteiger partial charge in [-0.15, -0.1) is 0 Å². The molecule has 2 aliphatic rings. The fourth-order valence-corrected chi connectivity index (χ4v) is 6.70. The van der Waals surface area contributed by atoms with Crippen molar-refractivity contribution in [3.63, 3.8) is 0 Å². The molecule has 1 aliphatic heterocycles. The molecule has 0 radical (unpaired) electrons. The molecule has 3 atom stereocenters. The van der Waals surface area contributed by atoms with Crippen molar-refractivity contribution in [2.24, 2.45) is 5.92 Å². The summed E-state index contributed by atoms with van der Waals surface area (Å²) in [7, 11) is -7.01. The number of halogens is 7. The fourth-order valence-electron chi connectivity index (χ4n) is 4.72. The molecule has 18 heteroatoms. The van der Waals surface area contributed by atoms with Crippen LogP contribution in [0.4, 0.5) is 32.0 Å². The monoisotopic (exact) mass is 749 g/mol. The van der Waals surface area contributed by atoms with Crippen molar-refractivity contribution in [2.45, 2.75) is 35.8 Å². The van der Waals surface area contributed by atoms with Gasteiger partial charge in [0.15, 0.2) is 20.0 Å². The number of nitrogens with one attached hydrogen (secondary N) is 1. The quantitative estimate of drug-likeness (QED) is 0.106. The predicted octanol–water partition coefficient (Wildman–Crippen LogP) is 6.59. The number of anilines is 1. The molecule has 0 spiro atoms. The van der Waals surface area contributed by atoms with Crippen LogP contribution in [-0.2, 0) is 24.8 Å². The largest absolute Gasteiger partial charge is 0.480 e. The summed E-state index contributed by atoms with van der Waals surface area (Å²) < 4.78 is 117. The Kier molecular flexibility index (Phi) is 11.1. The average molecular weight is 751 g/mol. The van der Waals surface area contributed by atoms with Crippen LogP contribution in [0.3, 0.4) is 0 Å². The van der Waals surface area contributed by atoms with Gasteiger partial charge in [0.2, 0.25) is 0 Å². The molecule has 4 rings (SSSR count). The van der Waals surface area contributed by atoms with E-state index in [1.165, 1.54) is 11.1 Å². The standard InChI is InChI=1S/C25H29BrN2O2.C2F6NO4S2/c1-28(2,3)14-5-15-30-25(29)18-10-13-23-22(16-18)20-6-4-7-21(20)24(27-23)17-8-11-19(26)12-9-17;3-1(4,5)14(10,11)9-15(12,13)2(6,7)8/h4,6,8-13,16,20-21,24H,5,7,14-15H2,1-3H3;/q;-1/p+1. The Morgan fingerprint density at radius 2 is 1.56 bits per heavy atom. The molecule has 0 saturated carbocycles. The Labute approximate surface area is 265 Å². The van der Waals surface area contributed by atoms with Gasteiger partial charge in [-0.2, -0.15) is 26.3 Å². The van der Waals surface area contributed by atoms with E-state index in [4.69, 9.17) is 4.74 Å². The molecular weight excluding hydrogens is 720 g/mol. The minimum atomic E-state index is -6.72. The Morgan fingerprint density at radius 3 is 2.09 bits per heavy atom. The number of rotatable bonds is 8. The molecule has 1 N–H and O–H groups in total. The van der Waals surface area contributed by atoms with Crippen molar-refractivity contribution in [3.8, 4) is 0 Å². The zero-order valence-electron chi connectivity index (χ0n) is 24.1. The summed E-state index contributed by atoms with van der Waals surface area (Å²) in [5, 5.41) is 3.73. The normalized spacial score (nSPS) is 19.9. The van der Waals surface area contributed by atoms with Crippen LogP contribution in [0.15, 0.2) is 59.1 Å². The fraction of sp³-hybridized carbons (Fsp3) is 0.444. The number of hydrogen-bond donors (Lipinski definition) is 1. The van der Waals surface area contributed by atoms with E-state index >= 15 is 0 Å². The summed E-state index contributed by atoms with van der Waals surface area (Å²) in [5.74, 6) is 0.545. The second kappa shape index (κ2) is 13.6. The molecular formula is C27H30BrF6N3O6S2. The lowest BCUT2D eigenvalue weighted by atomic mass is 9.76. The van der Waals surface area contributed by atoms with Gasteiger partial charge in [-0.1, -0.05) is 40.2 Å². The topological polar surface area (TPSA) is 121 Å². The van der Waals surface area contributed by atoms with E-state index in [1.54, 1.807) is 0 Å². The molecule has 1 aliphatic carbocycles. The van der Waals surface area contributed by atoms with E-state index in [2.05, 4.69) is 78.8 Å². The first-order valence-electron chi connectivity index (χ1n) is 13.2. The van der Waals surface area contributed by atoms with E-state index in [9.17, 15) is 48.0 Å². The first kappa shape index (κ1) is 36.8. The molecule has 2 aromatic rings. The summed E-state index contributed by atoms with van der Waals surface area (Å²) >= 11 is 3.53. The van der Waals surface area contributed by atoms with Crippen molar-refractivity contribution in [1.29, 1.82) is 0 Å². The Hall–Kier alpha value is -2.67. The highest BCUT2D eigenvalue weighted by Gasteiger charge is 2.47. The highest BCUT2D eigenvalue weighted by Crippen LogP contribution is 2.50. The molecule has 0 saturated heterocycles. The van der Waals surface area contributed by atoms with Crippen LogP contribution in [0.2, 0.25) is 0 Å². The van der Waals surface area contributed by atoms with Gasteiger partial charge in [0.05, 0.1) is 45.9 Å². The smallest absolute Gasteiger partial charge is 0.462 e. The number of carbonyl (C=O) groups is 1. The van der Waals surface area contributed by atoms with E-state index in [1.807, 2.05) is 18.2 Å². The summed E-state index contributed by atoms with van der Waals surface area (Å²) in [6.07, 6.45) is 6.47. The number of allylic oxidation sites excluding steroid dienone is 2. The number of hydrogen-bond acceptors (Lipinski definition) is 7. The number of fused-ring (bicyclic) bond motifs is 3. The molecule has 3 unspecified atom stereocenters. The molecule has 2 aromatic carbocycles. The van der Waals surface area contributed by atoms with Gasteiger partial charge in [-0.05, 0) is 53.8 Å². The third-order valence-electron chi connectivity index (χ3n) is 6.82. The molecule has 45 heavy (non-hydrogen) atoms. The minimum Gasteiger partial charge on any atom is -0.462 e. The molecule has 0 aromatic heterocycles. The van der Waals surface area contributed by atoms with E-state index in [0.717, 1.165) is 38.2 Å². The first-order chi connectivity index (χ1) is 20.5. The molecule has 9 nitrogen and oxygen atoms in total. The van der Waals surface area contributed by atoms with Crippen LogP contribution < -0.4 is 5.32 Å². The Bertz CT molecular complexity index is 1580. The number of carbonyl (C=O) groups excluding carboxylic acids is 1. The predicted molar refractivity (Wildman–Crippen MR) is 158 cm³/mol. The van der Waals surface area contributed by atoms with Gasteiger partial charge in [0.1, 0.15) is 0 Å². The number of nitrogens with zero attached hydrogens (tertiary/aromatic N) is 2. The second-order valence-electron chi connectivity index (χ2n) is 11.2. The zero-order chi connectivity index (χ0) is 34.0. The average Bonchev–Trinajstić information content (AvgIpc) is 3.39. The van der Waals surface area contributed by atoms with Crippen molar-refractivity contribution in [1.82, 2.24) is 0 Å². The maximum Gasteiger partial charge on any atom is 0.480 e. The molecule has 250 valence electrons. The van der Waals surface area contributed by atoms with Gasteiger partial charge in [0, 0.05) is 22.5 Å². The number of ether oxygens (including phenoxy) is 1. The van der Waals surface area contributed by atoms with E-state index in [-0.39, 0.29) is 12.0 Å². The summed E-state index contributed by atoms with van der Waals surface area (Å²) in [6, 6.07) is 14.8. The maximum absolute atomic E-state index is 12.6. The van der Waals surface area contributed by atoms with Gasteiger partial charge >= 0.3 is 17.0 Å². The van der Waals surface area contributed by atoms with E-state index < -0.39 is 31.1 Å². The molecule has 0 bridgehead atoms. The van der Waals surface area contributed by atoms with Crippen molar-refractivity contribution in [3.05, 3.63) is 79.9 Å². The van der Waals surface area contributed by atoms with Crippen LogP contribution in [0.1, 0.15) is 46.3 Å². The van der Waals surface area contributed by atoms with Crippen molar-refractivity contribution < 1.29 is 57.2 Å². The van der Waals surface area contributed by atoms with Crippen molar-refractivity contribution in [2.75, 3.05) is 39.6 Å². The van der Waals surface area contributed by atoms with Crippen LogP contribution in [-0.4, -0.2) is 72.6 Å². The number of sulfonamides is 2. The van der Waals surface area contributed by atoms with Crippen LogP contribution in [0.25, 0.3) is 4.13 Å². The molecule has 1 heterocycles. The SMILES string of the molecule is C[N+](C)(C)CCCOC(=O)c1ccc2c(c1)C1C=CCC1C(c1ccc(Br)cc1)N2.O=S(=O)([N-]S(=O)(=O)C(F)(F)F)C(F)(F)F. The number of quaternary nitrogens is 1. The van der Waals surface area contributed by atoms with E-state index in [0.29, 0.717) is 24.0 Å². The molecule has 0 amide bonds. The van der Waals surface area contributed by atoms with Crippen LogP contribution >= 0.6 is 15.9 Å². The third-order valence-corrected chi connectivity index (χ3v) is 10.1. The summed E-state index contributed by atoms with van der Waals surface area (Å²) in [5.41, 5.74) is -8.16. The number of alkyl halides is 6. The third kappa shape index (κ3) is 9.43. The summed E-state index contributed by atoms with van der Waals surface area (Å²) in [4.78, 5) is 12.6. The Morgan fingerprint density at radius 1 is 0.978 bits per heavy atom. The van der Waals surface area contributed by atoms with Gasteiger partial charge in [-0.25, -0.2) is 21.6 Å². The lowest BCUT2D eigenvalue weighted by Crippen LogP contribution is -2.35. The first-order valence-corrected chi connectivity index (χ1v) is 16.9. The minimum absolute atomic E-state index is 0.229. The van der Waals surface area contributed by atoms with Crippen LogP contribution in [0.5, 0.6) is 0 Å². The highest BCUT2D eigenvalue weighted by atomic mass is 79.9. The molecule has 0 fully saturated rings. The Balaban J connectivity index is 0.000000313. The van der Waals surface area contributed by atoms with Gasteiger partial charge in [0.25, 0.3) is 0 Å². The number of benzene rings is 2. The van der Waals surface area contributed by atoms with Gasteiger partial charge < -0.3 is 18.7 Å². The second-order valence-corrected chi connectivity index (χ2v) is 15.6. The lowest BCUT2D eigenvalue weighted by Gasteiger charge is -2.37. The highest BCUT2D eigenvalue weighted by molar-refractivity contribution is 9.10. The van der Waals surface area contributed by atoms with Crippen molar-refractivity contribution >= 4 is 47.6 Å².